The standard InChI is InChI=1S/C18H19N3O5/c1-21-12-6-7-26-15(12)9-13(21)18(23)19-10-17(22)20-11-4-5-14(24-2)16(8-11)25-3/h4-9H,10H2,1-3H3,(H,19,23)(H,20,22). The first-order valence-corrected chi connectivity index (χ1v) is 7.86. The van der Waals surface area contributed by atoms with Crippen LogP contribution in [0.1, 0.15) is 10.5 Å². The number of nitrogens with zero attached hydrogens (tertiary/aromatic N) is 1. The second-order valence-corrected chi connectivity index (χ2v) is 5.56. The van der Waals surface area contributed by atoms with Crippen LogP contribution in [0.25, 0.3) is 11.1 Å². The number of rotatable bonds is 6. The topological polar surface area (TPSA) is 94.7 Å². The Morgan fingerprint density at radius 3 is 2.58 bits per heavy atom. The first kappa shape index (κ1) is 17.4. The first-order chi connectivity index (χ1) is 12.5. The van der Waals surface area contributed by atoms with Gasteiger partial charge in [0.05, 0.1) is 32.5 Å². The minimum Gasteiger partial charge on any atom is -0.493 e. The molecule has 3 aromatic rings. The molecule has 26 heavy (non-hydrogen) atoms. The number of carbonyl (C=O) groups is 2. The van der Waals surface area contributed by atoms with E-state index in [2.05, 4.69) is 10.6 Å². The minimum absolute atomic E-state index is 0.167. The predicted octanol–water partition coefficient (Wildman–Crippen LogP) is 2.16. The second kappa shape index (κ2) is 7.22. The Balaban J connectivity index is 1.61. The van der Waals surface area contributed by atoms with E-state index in [0.717, 1.165) is 5.52 Å². The van der Waals surface area contributed by atoms with Gasteiger partial charge in [-0.05, 0) is 12.1 Å². The zero-order chi connectivity index (χ0) is 18.7. The highest BCUT2D eigenvalue weighted by atomic mass is 16.5. The zero-order valence-electron chi connectivity index (χ0n) is 14.7. The maximum atomic E-state index is 12.3. The molecule has 0 saturated heterocycles. The van der Waals surface area contributed by atoms with E-state index in [-0.39, 0.29) is 18.4 Å². The van der Waals surface area contributed by atoms with Crippen LogP contribution >= 0.6 is 0 Å². The summed E-state index contributed by atoms with van der Waals surface area (Å²) >= 11 is 0. The lowest BCUT2D eigenvalue weighted by Crippen LogP contribution is -2.33. The third kappa shape index (κ3) is 3.34. The predicted molar refractivity (Wildman–Crippen MR) is 95.7 cm³/mol. The van der Waals surface area contributed by atoms with Gasteiger partial charge in [-0.1, -0.05) is 0 Å². The van der Waals surface area contributed by atoms with E-state index >= 15 is 0 Å². The van der Waals surface area contributed by atoms with Crippen molar-refractivity contribution in [2.75, 3.05) is 26.1 Å². The largest absolute Gasteiger partial charge is 0.493 e. The number of benzene rings is 1. The molecular formula is C18H19N3O5. The molecule has 0 unspecified atom stereocenters. The summed E-state index contributed by atoms with van der Waals surface area (Å²) in [6.45, 7) is -0.167. The van der Waals surface area contributed by atoms with Crippen LogP contribution in [0.4, 0.5) is 5.69 Å². The molecule has 0 saturated carbocycles. The van der Waals surface area contributed by atoms with Gasteiger partial charge in [-0.25, -0.2) is 0 Å². The van der Waals surface area contributed by atoms with Crippen molar-refractivity contribution in [1.82, 2.24) is 9.88 Å². The van der Waals surface area contributed by atoms with Crippen LogP contribution in [-0.2, 0) is 11.8 Å². The molecule has 2 amide bonds. The number of nitrogens with one attached hydrogen (secondary N) is 2. The van der Waals surface area contributed by atoms with Crippen LogP contribution in [0.3, 0.4) is 0 Å². The smallest absolute Gasteiger partial charge is 0.268 e. The molecule has 0 aliphatic rings. The molecule has 0 bridgehead atoms. The van der Waals surface area contributed by atoms with Crippen molar-refractivity contribution in [2.45, 2.75) is 0 Å². The average molecular weight is 357 g/mol. The van der Waals surface area contributed by atoms with Crippen molar-refractivity contribution in [3.63, 3.8) is 0 Å². The second-order valence-electron chi connectivity index (χ2n) is 5.56. The molecule has 8 nitrogen and oxygen atoms in total. The van der Waals surface area contributed by atoms with Crippen molar-refractivity contribution >= 4 is 28.6 Å². The van der Waals surface area contributed by atoms with Crippen LogP contribution in [0.2, 0.25) is 0 Å². The Labute approximate surface area is 149 Å². The molecule has 3 rings (SSSR count). The summed E-state index contributed by atoms with van der Waals surface area (Å²) in [4.78, 5) is 24.4. The summed E-state index contributed by atoms with van der Waals surface area (Å²) in [5, 5.41) is 5.29. The number of furan rings is 1. The van der Waals surface area contributed by atoms with E-state index in [1.807, 2.05) is 0 Å². The summed E-state index contributed by atoms with van der Waals surface area (Å²) in [6, 6.07) is 8.43. The fraction of sp³-hybridized carbons (Fsp3) is 0.222. The monoisotopic (exact) mass is 357 g/mol. The number of hydrogen-bond acceptors (Lipinski definition) is 5. The highest BCUT2D eigenvalue weighted by Gasteiger charge is 2.16. The molecular weight excluding hydrogens is 338 g/mol. The van der Waals surface area contributed by atoms with E-state index in [0.29, 0.717) is 28.5 Å². The fourth-order valence-electron chi connectivity index (χ4n) is 2.64. The minimum atomic E-state index is -0.360. The highest BCUT2D eigenvalue weighted by Crippen LogP contribution is 2.29. The van der Waals surface area contributed by atoms with Gasteiger partial charge in [-0.3, -0.25) is 9.59 Å². The number of aromatic nitrogens is 1. The molecule has 2 heterocycles. The van der Waals surface area contributed by atoms with Crippen LogP contribution in [0, 0.1) is 0 Å². The molecule has 0 radical (unpaired) electrons. The van der Waals surface area contributed by atoms with Crippen molar-refractivity contribution in [3.8, 4) is 11.5 Å². The number of anilines is 1. The highest BCUT2D eigenvalue weighted by molar-refractivity contribution is 6.01. The van der Waals surface area contributed by atoms with Crippen LogP contribution in [-0.4, -0.2) is 37.1 Å². The number of ether oxygens (including phenoxy) is 2. The Morgan fingerprint density at radius 2 is 1.88 bits per heavy atom. The Kier molecular flexibility index (Phi) is 4.83. The van der Waals surface area contributed by atoms with Gasteiger partial charge >= 0.3 is 0 Å². The fourth-order valence-corrected chi connectivity index (χ4v) is 2.64. The molecule has 0 aliphatic heterocycles. The quantitative estimate of drug-likeness (QED) is 0.705. The van der Waals surface area contributed by atoms with E-state index in [1.54, 1.807) is 48.2 Å². The summed E-state index contributed by atoms with van der Waals surface area (Å²) < 4.78 is 17.3. The number of methoxy groups -OCH3 is 2. The van der Waals surface area contributed by atoms with E-state index in [4.69, 9.17) is 13.9 Å². The Hall–Kier alpha value is -3.42. The number of fused-ring (bicyclic) bond motifs is 1. The third-order valence-electron chi connectivity index (χ3n) is 3.97. The SMILES string of the molecule is COc1ccc(NC(=O)CNC(=O)c2cc3occc3n2C)cc1OC. The molecule has 8 heteroatoms. The molecule has 2 N–H and O–H groups in total. The van der Waals surface area contributed by atoms with Crippen molar-refractivity contribution in [3.05, 3.63) is 42.3 Å². The molecule has 0 aliphatic carbocycles. The van der Waals surface area contributed by atoms with Gasteiger partial charge in [0.2, 0.25) is 5.91 Å². The van der Waals surface area contributed by atoms with Gasteiger partial charge in [-0.2, -0.15) is 0 Å². The number of amides is 2. The van der Waals surface area contributed by atoms with Gasteiger partial charge in [0, 0.05) is 30.9 Å². The molecule has 1 aromatic carbocycles. The van der Waals surface area contributed by atoms with Crippen LogP contribution in [0.5, 0.6) is 11.5 Å². The normalized spacial score (nSPS) is 10.6. The Morgan fingerprint density at radius 1 is 1.12 bits per heavy atom. The lowest BCUT2D eigenvalue weighted by atomic mass is 10.2. The lowest BCUT2D eigenvalue weighted by Gasteiger charge is -2.11. The number of aryl methyl sites for hydroxylation is 1. The van der Waals surface area contributed by atoms with E-state index in [9.17, 15) is 9.59 Å². The molecule has 2 aromatic heterocycles. The maximum Gasteiger partial charge on any atom is 0.268 e. The Bertz CT molecular complexity index is 957. The number of carbonyl (C=O) groups excluding carboxylic acids is 2. The molecule has 0 atom stereocenters. The van der Waals surface area contributed by atoms with E-state index in [1.165, 1.54) is 14.2 Å². The first-order valence-electron chi connectivity index (χ1n) is 7.86. The van der Waals surface area contributed by atoms with Gasteiger partial charge < -0.3 is 29.1 Å². The van der Waals surface area contributed by atoms with Gasteiger partial charge in [0.1, 0.15) is 5.69 Å². The molecule has 0 spiro atoms. The van der Waals surface area contributed by atoms with Crippen molar-refractivity contribution in [2.24, 2.45) is 7.05 Å². The molecule has 0 fully saturated rings. The summed E-state index contributed by atoms with van der Waals surface area (Å²) in [6.07, 6.45) is 1.56. The van der Waals surface area contributed by atoms with Gasteiger partial charge in [0.25, 0.3) is 5.91 Å². The maximum absolute atomic E-state index is 12.3. The summed E-state index contributed by atoms with van der Waals surface area (Å²) in [7, 11) is 4.81. The van der Waals surface area contributed by atoms with Crippen LogP contribution in [0.15, 0.2) is 41.0 Å². The third-order valence-corrected chi connectivity index (χ3v) is 3.97. The van der Waals surface area contributed by atoms with Gasteiger partial charge in [-0.15, -0.1) is 0 Å². The summed E-state index contributed by atoms with van der Waals surface area (Å²) in [5.74, 6) is 0.345. The van der Waals surface area contributed by atoms with Crippen molar-refractivity contribution < 1.29 is 23.5 Å². The van der Waals surface area contributed by atoms with Crippen molar-refractivity contribution in [1.29, 1.82) is 0 Å². The number of hydrogen-bond donors (Lipinski definition) is 2. The average Bonchev–Trinajstić information content (AvgIpc) is 3.22. The molecule has 136 valence electrons. The van der Waals surface area contributed by atoms with Gasteiger partial charge in [0.15, 0.2) is 17.1 Å². The summed E-state index contributed by atoms with van der Waals surface area (Å²) in [5.41, 5.74) is 2.38. The zero-order valence-corrected chi connectivity index (χ0v) is 14.7. The van der Waals surface area contributed by atoms with Crippen LogP contribution < -0.4 is 20.1 Å². The van der Waals surface area contributed by atoms with E-state index < -0.39 is 0 Å². The lowest BCUT2D eigenvalue weighted by molar-refractivity contribution is -0.115.